The highest BCUT2D eigenvalue weighted by atomic mass is 15.2. The van der Waals surface area contributed by atoms with Crippen LogP contribution < -0.4 is 20.2 Å². The third-order valence-electron chi connectivity index (χ3n) is 9.26. The van der Waals surface area contributed by atoms with Crippen LogP contribution in [-0.2, 0) is 0 Å². The molecule has 2 nitrogen and oxygen atoms in total. The number of fused-ring (bicyclic) bond motifs is 2. The molecule has 7 aromatic rings. The van der Waals surface area contributed by atoms with Crippen LogP contribution in [0.25, 0.3) is 33.7 Å². The quantitative estimate of drug-likeness (QED) is 0.179. The van der Waals surface area contributed by atoms with Crippen LogP contribution in [0.5, 0.6) is 0 Å². The first-order valence-corrected chi connectivity index (χ1v) is 16.4. The SMILES string of the molecule is CC1CC=c2ccccc2=C1N(c1ccccc1)c1ccc(-c2ccc(N(c3ccccc3)c3cccc4ccccc34)cc2)cc1. The van der Waals surface area contributed by atoms with E-state index in [0.29, 0.717) is 5.92 Å². The van der Waals surface area contributed by atoms with Crippen molar-refractivity contribution in [1.82, 2.24) is 0 Å². The Bertz CT molecular complexity index is 2270. The van der Waals surface area contributed by atoms with Crippen molar-refractivity contribution in [3.8, 4) is 11.1 Å². The summed E-state index contributed by atoms with van der Waals surface area (Å²) in [5, 5.41) is 5.08. The summed E-state index contributed by atoms with van der Waals surface area (Å²) in [6.07, 6.45) is 3.40. The van der Waals surface area contributed by atoms with Crippen molar-refractivity contribution >= 4 is 51.0 Å². The van der Waals surface area contributed by atoms with Crippen molar-refractivity contribution in [1.29, 1.82) is 0 Å². The van der Waals surface area contributed by atoms with E-state index in [1.165, 1.54) is 55.1 Å². The van der Waals surface area contributed by atoms with Gasteiger partial charge in [0.15, 0.2) is 0 Å². The average molecular weight is 605 g/mol. The van der Waals surface area contributed by atoms with Crippen molar-refractivity contribution in [3.63, 3.8) is 0 Å². The van der Waals surface area contributed by atoms with E-state index in [0.717, 1.165) is 17.8 Å². The van der Waals surface area contributed by atoms with Crippen LogP contribution in [-0.4, -0.2) is 0 Å². The molecule has 0 aromatic heterocycles. The molecule has 0 bridgehead atoms. The van der Waals surface area contributed by atoms with Crippen LogP contribution in [0, 0.1) is 5.92 Å². The number of nitrogens with zero attached hydrogens (tertiary/aromatic N) is 2. The predicted octanol–water partition coefficient (Wildman–Crippen LogP) is 10.7. The van der Waals surface area contributed by atoms with Crippen molar-refractivity contribution in [3.05, 3.63) is 186 Å². The molecule has 0 heterocycles. The van der Waals surface area contributed by atoms with Crippen LogP contribution in [0.1, 0.15) is 13.3 Å². The maximum Gasteiger partial charge on any atom is 0.0540 e. The second-order valence-corrected chi connectivity index (χ2v) is 12.2. The van der Waals surface area contributed by atoms with Gasteiger partial charge in [-0.3, -0.25) is 0 Å². The second kappa shape index (κ2) is 12.5. The molecule has 0 aliphatic heterocycles. The smallest absolute Gasteiger partial charge is 0.0540 e. The van der Waals surface area contributed by atoms with Crippen LogP contribution in [0.4, 0.5) is 28.4 Å². The molecule has 0 radical (unpaired) electrons. The van der Waals surface area contributed by atoms with Gasteiger partial charge in [-0.2, -0.15) is 0 Å². The molecule has 1 aliphatic rings. The molecule has 226 valence electrons. The van der Waals surface area contributed by atoms with E-state index in [1.807, 2.05) is 0 Å². The van der Waals surface area contributed by atoms with E-state index in [9.17, 15) is 0 Å². The molecule has 47 heavy (non-hydrogen) atoms. The predicted molar refractivity (Wildman–Crippen MR) is 200 cm³/mol. The molecular weight excluding hydrogens is 569 g/mol. The van der Waals surface area contributed by atoms with E-state index < -0.39 is 0 Å². The molecule has 1 aliphatic carbocycles. The van der Waals surface area contributed by atoms with Gasteiger partial charge in [-0.1, -0.05) is 134 Å². The molecule has 0 fully saturated rings. The molecule has 0 saturated carbocycles. The summed E-state index contributed by atoms with van der Waals surface area (Å²) in [4.78, 5) is 4.80. The Morgan fingerprint density at radius 3 is 1.64 bits per heavy atom. The lowest BCUT2D eigenvalue weighted by Gasteiger charge is -2.33. The van der Waals surface area contributed by atoms with Crippen LogP contribution in [0.3, 0.4) is 0 Å². The fourth-order valence-electron chi connectivity index (χ4n) is 6.95. The summed E-state index contributed by atoms with van der Waals surface area (Å²) in [7, 11) is 0. The lowest BCUT2D eigenvalue weighted by atomic mass is 9.93. The van der Waals surface area contributed by atoms with E-state index in [1.54, 1.807) is 0 Å². The molecule has 2 heteroatoms. The summed E-state index contributed by atoms with van der Waals surface area (Å²) in [5.74, 6) is 0.395. The first-order valence-electron chi connectivity index (χ1n) is 16.4. The van der Waals surface area contributed by atoms with Gasteiger partial charge >= 0.3 is 0 Å². The number of rotatable bonds is 7. The van der Waals surface area contributed by atoms with Crippen LogP contribution >= 0.6 is 0 Å². The average Bonchev–Trinajstić information content (AvgIpc) is 3.14. The fraction of sp³-hybridized carbons (Fsp3) is 0.0667. The Kier molecular flexibility index (Phi) is 7.61. The minimum atomic E-state index is 0.395. The molecule has 1 unspecified atom stereocenters. The summed E-state index contributed by atoms with van der Waals surface area (Å²) >= 11 is 0. The van der Waals surface area contributed by atoms with Crippen molar-refractivity contribution in [2.24, 2.45) is 5.92 Å². The zero-order chi connectivity index (χ0) is 31.6. The number of anilines is 5. The molecule has 0 spiro atoms. The topological polar surface area (TPSA) is 6.48 Å². The Morgan fingerprint density at radius 2 is 0.957 bits per heavy atom. The highest BCUT2D eigenvalue weighted by Crippen LogP contribution is 2.40. The van der Waals surface area contributed by atoms with Crippen molar-refractivity contribution < 1.29 is 0 Å². The molecular formula is C45H36N2. The van der Waals surface area contributed by atoms with Crippen LogP contribution in [0.2, 0.25) is 0 Å². The first-order chi connectivity index (χ1) is 23.2. The van der Waals surface area contributed by atoms with Gasteiger partial charge in [0.1, 0.15) is 0 Å². The minimum Gasteiger partial charge on any atom is -0.313 e. The van der Waals surface area contributed by atoms with Crippen molar-refractivity contribution in [2.75, 3.05) is 9.80 Å². The Hall–Kier alpha value is -5.86. The minimum absolute atomic E-state index is 0.395. The molecule has 8 rings (SSSR count). The first kappa shape index (κ1) is 28.6. The number of para-hydroxylation sites is 2. The van der Waals surface area contributed by atoms with E-state index >= 15 is 0 Å². The lowest BCUT2D eigenvalue weighted by molar-refractivity contribution is 0.754. The Labute approximate surface area is 276 Å². The standard InChI is InChI=1S/C45H36N2/c1-33-23-24-37-14-9-11-21-43(37)45(33)47(39-18-6-3-7-19-39)41-31-27-35(28-32-41)34-25-29-40(30-26-34)46(38-16-4-2-5-17-38)44-22-12-15-36-13-8-10-20-42(36)44/h2-22,24-33H,23H2,1H3. The summed E-state index contributed by atoms with van der Waals surface area (Å²) in [6, 6.07) is 63.3. The molecule has 0 amide bonds. The normalized spacial score (nSPS) is 13.9. The van der Waals surface area contributed by atoms with Gasteiger partial charge in [0, 0.05) is 45.0 Å². The highest BCUT2D eigenvalue weighted by Gasteiger charge is 2.23. The molecule has 7 aromatic carbocycles. The molecule has 1 atom stereocenters. The fourth-order valence-corrected chi connectivity index (χ4v) is 6.95. The van der Waals surface area contributed by atoms with Gasteiger partial charge in [-0.05, 0) is 82.7 Å². The zero-order valence-electron chi connectivity index (χ0n) is 26.5. The molecule has 0 N–H and O–H groups in total. The Balaban J connectivity index is 1.17. The second-order valence-electron chi connectivity index (χ2n) is 12.2. The maximum absolute atomic E-state index is 2.45. The Morgan fingerprint density at radius 1 is 0.447 bits per heavy atom. The number of benzene rings is 7. The summed E-state index contributed by atoms with van der Waals surface area (Å²) < 4.78 is 0. The highest BCUT2D eigenvalue weighted by molar-refractivity contribution is 5.99. The number of hydrogen-bond acceptors (Lipinski definition) is 2. The van der Waals surface area contributed by atoms with Gasteiger partial charge in [0.2, 0.25) is 0 Å². The molecule has 0 saturated heterocycles. The summed E-state index contributed by atoms with van der Waals surface area (Å²) in [5.41, 5.74) is 9.51. The van der Waals surface area contributed by atoms with E-state index in [4.69, 9.17) is 0 Å². The number of hydrogen-bond donors (Lipinski definition) is 0. The van der Waals surface area contributed by atoms with E-state index in [2.05, 4.69) is 199 Å². The van der Waals surface area contributed by atoms with Crippen LogP contribution in [0.15, 0.2) is 176 Å². The lowest BCUT2D eigenvalue weighted by Crippen LogP contribution is -2.38. The largest absolute Gasteiger partial charge is 0.313 e. The third kappa shape index (κ3) is 5.49. The van der Waals surface area contributed by atoms with Gasteiger partial charge in [0.05, 0.1) is 5.69 Å². The zero-order valence-corrected chi connectivity index (χ0v) is 26.5. The summed E-state index contributed by atoms with van der Waals surface area (Å²) in [6.45, 7) is 2.34. The van der Waals surface area contributed by atoms with Gasteiger partial charge < -0.3 is 9.80 Å². The maximum atomic E-state index is 2.45. The van der Waals surface area contributed by atoms with Gasteiger partial charge in [0.25, 0.3) is 0 Å². The van der Waals surface area contributed by atoms with Gasteiger partial charge in [-0.25, -0.2) is 0 Å². The monoisotopic (exact) mass is 604 g/mol. The third-order valence-corrected chi connectivity index (χ3v) is 9.26. The van der Waals surface area contributed by atoms with Crippen molar-refractivity contribution in [2.45, 2.75) is 13.3 Å². The van der Waals surface area contributed by atoms with Gasteiger partial charge in [-0.15, -0.1) is 0 Å². The van der Waals surface area contributed by atoms with E-state index in [-0.39, 0.29) is 0 Å².